The second-order valence-electron chi connectivity index (χ2n) is 7.50. The second kappa shape index (κ2) is 11.6. The van der Waals surface area contributed by atoms with Crippen molar-refractivity contribution in [2.24, 2.45) is 11.7 Å². The van der Waals surface area contributed by atoms with Crippen LogP contribution in [0.3, 0.4) is 0 Å². The van der Waals surface area contributed by atoms with E-state index in [2.05, 4.69) is 10.6 Å². The Morgan fingerprint density at radius 1 is 1.10 bits per heavy atom. The van der Waals surface area contributed by atoms with Crippen molar-refractivity contribution in [2.45, 2.75) is 45.0 Å². The summed E-state index contributed by atoms with van der Waals surface area (Å²) in [6.07, 6.45) is -0.203. The summed E-state index contributed by atoms with van der Waals surface area (Å²) in [5.74, 6) is 0.321. The summed E-state index contributed by atoms with van der Waals surface area (Å²) in [4.78, 5) is 12.5. The molecule has 1 amide bonds. The Labute approximate surface area is 173 Å². The molecule has 0 saturated carbocycles. The lowest BCUT2D eigenvalue weighted by Gasteiger charge is -2.27. The van der Waals surface area contributed by atoms with Crippen molar-refractivity contribution in [2.75, 3.05) is 13.7 Å². The smallest absolute Gasteiger partial charge is 0.224 e. The van der Waals surface area contributed by atoms with Gasteiger partial charge in [0.25, 0.3) is 0 Å². The van der Waals surface area contributed by atoms with E-state index < -0.39 is 12.1 Å². The van der Waals surface area contributed by atoms with Gasteiger partial charge in [-0.15, -0.1) is 0 Å². The molecule has 0 saturated heterocycles. The number of amides is 1. The van der Waals surface area contributed by atoms with Crippen LogP contribution in [0.15, 0.2) is 54.6 Å². The number of carbonyl (C=O) groups is 1. The standard InChI is InChI=1S/C23H33N3O3/c1-16(17(2)24)23(28)26-21(13-18-8-5-4-6-9-18)22(27)15-25-14-19-10-7-11-20(12-19)29-3/h4-12,16-17,21-22,25,27H,13-15,24H2,1-3H3,(H,26,28)/t16?,17?,21-,22+/m0/s1. The molecule has 2 aromatic rings. The van der Waals surface area contributed by atoms with E-state index in [-0.39, 0.29) is 17.9 Å². The molecule has 0 spiro atoms. The SMILES string of the molecule is COc1cccc(CNC[C@@H](O)[C@H](Cc2ccccc2)NC(=O)C(C)C(C)N)c1. The average molecular weight is 400 g/mol. The maximum absolute atomic E-state index is 12.5. The quantitative estimate of drug-likeness (QED) is 0.462. The first-order chi connectivity index (χ1) is 13.9. The fraction of sp³-hybridized carbons (Fsp3) is 0.435. The molecule has 4 atom stereocenters. The van der Waals surface area contributed by atoms with Crippen molar-refractivity contribution in [1.82, 2.24) is 10.6 Å². The Balaban J connectivity index is 1.98. The Bertz CT molecular complexity index is 752. The molecule has 2 unspecified atom stereocenters. The van der Waals surface area contributed by atoms with Gasteiger partial charge in [0.15, 0.2) is 0 Å². The number of carbonyl (C=O) groups excluding carboxylic acids is 1. The lowest BCUT2D eigenvalue weighted by atomic mass is 9.98. The normalized spacial score (nSPS) is 15.2. The van der Waals surface area contributed by atoms with Crippen LogP contribution < -0.4 is 21.1 Å². The van der Waals surface area contributed by atoms with Crippen LogP contribution in [0.5, 0.6) is 5.75 Å². The summed E-state index contributed by atoms with van der Waals surface area (Å²) in [5.41, 5.74) is 7.98. The molecule has 0 aromatic heterocycles. The Morgan fingerprint density at radius 2 is 1.79 bits per heavy atom. The number of aliphatic hydroxyl groups excluding tert-OH is 1. The fourth-order valence-corrected chi connectivity index (χ4v) is 2.99. The van der Waals surface area contributed by atoms with Crippen molar-refractivity contribution in [3.63, 3.8) is 0 Å². The van der Waals surface area contributed by atoms with E-state index >= 15 is 0 Å². The summed E-state index contributed by atoms with van der Waals surface area (Å²) in [5, 5.41) is 17.0. The second-order valence-corrected chi connectivity index (χ2v) is 7.50. The topological polar surface area (TPSA) is 96.6 Å². The number of hydrogen-bond acceptors (Lipinski definition) is 5. The van der Waals surface area contributed by atoms with Crippen LogP contribution in [0.25, 0.3) is 0 Å². The van der Waals surface area contributed by atoms with E-state index in [1.54, 1.807) is 14.0 Å². The van der Waals surface area contributed by atoms with E-state index in [4.69, 9.17) is 10.5 Å². The highest BCUT2D eigenvalue weighted by atomic mass is 16.5. The minimum Gasteiger partial charge on any atom is -0.497 e. The largest absolute Gasteiger partial charge is 0.497 e. The fourth-order valence-electron chi connectivity index (χ4n) is 2.99. The van der Waals surface area contributed by atoms with Gasteiger partial charge in [0.1, 0.15) is 5.75 Å². The summed E-state index contributed by atoms with van der Waals surface area (Å²) < 4.78 is 5.24. The predicted molar refractivity (Wildman–Crippen MR) is 116 cm³/mol. The summed E-state index contributed by atoms with van der Waals surface area (Å²) in [6.45, 7) is 4.55. The van der Waals surface area contributed by atoms with E-state index in [9.17, 15) is 9.90 Å². The van der Waals surface area contributed by atoms with Crippen LogP contribution in [0.4, 0.5) is 0 Å². The Hall–Kier alpha value is -2.41. The lowest BCUT2D eigenvalue weighted by molar-refractivity contribution is -0.126. The predicted octanol–water partition coefficient (Wildman–Crippen LogP) is 1.86. The number of nitrogens with two attached hydrogens (primary N) is 1. The maximum atomic E-state index is 12.5. The molecule has 2 aromatic carbocycles. The van der Waals surface area contributed by atoms with Gasteiger partial charge in [-0.25, -0.2) is 0 Å². The molecule has 0 radical (unpaired) electrons. The minimum absolute atomic E-state index is 0.146. The number of aliphatic hydroxyl groups is 1. The van der Waals surface area contributed by atoms with Crippen molar-refractivity contribution in [3.05, 3.63) is 65.7 Å². The number of methoxy groups -OCH3 is 1. The number of rotatable bonds is 11. The van der Waals surface area contributed by atoms with Crippen molar-refractivity contribution >= 4 is 5.91 Å². The molecular weight excluding hydrogens is 366 g/mol. The highest BCUT2D eigenvalue weighted by Gasteiger charge is 2.25. The Morgan fingerprint density at radius 3 is 2.45 bits per heavy atom. The summed E-state index contributed by atoms with van der Waals surface area (Å²) in [6, 6.07) is 16.9. The van der Waals surface area contributed by atoms with Gasteiger partial charge >= 0.3 is 0 Å². The van der Waals surface area contributed by atoms with Gasteiger partial charge in [-0.05, 0) is 36.6 Å². The minimum atomic E-state index is -0.745. The van der Waals surface area contributed by atoms with Crippen molar-refractivity contribution in [1.29, 1.82) is 0 Å². The molecule has 6 heteroatoms. The zero-order valence-electron chi connectivity index (χ0n) is 17.5. The summed E-state index contributed by atoms with van der Waals surface area (Å²) in [7, 11) is 1.64. The van der Waals surface area contributed by atoms with Crippen LogP contribution in [-0.4, -0.2) is 42.9 Å². The van der Waals surface area contributed by atoms with Gasteiger partial charge < -0.3 is 26.2 Å². The first kappa shape index (κ1) is 22.9. The average Bonchev–Trinajstić information content (AvgIpc) is 2.73. The first-order valence-electron chi connectivity index (χ1n) is 10.0. The van der Waals surface area contributed by atoms with Gasteiger partial charge in [-0.1, -0.05) is 49.4 Å². The molecule has 0 aliphatic rings. The third-order valence-corrected chi connectivity index (χ3v) is 5.11. The van der Waals surface area contributed by atoms with E-state index in [1.807, 2.05) is 61.5 Å². The van der Waals surface area contributed by atoms with Gasteiger partial charge in [0, 0.05) is 25.0 Å². The highest BCUT2D eigenvalue weighted by molar-refractivity contribution is 5.79. The monoisotopic (exact) mass is 399 g/mol. The third kappa shape index (κ3) is 7.49. The number of benzene rings is 2. The maximum Gasteiger partial charge on any atom is 0.224 e. The molecule has 158 valence electrons. The van der Waals surface area contributed by atoms with Crippen molar-refractivity contribution < 1.29 is 14.6 Å². The molecular formula is C23H33N3O3. The van der Waals surface area contributed by atoms with Crippen LogP contribution in [0.2, 0.25) is 0 Å². The van der Waals surface area contributed by atoms with E-state index in [1.165, 1.54) is 0 Å². The van der Waals surface area contributed by atoms with Gasteiger partial charge in [0.05, 0.1) is 19.3 Å². The van der Waals surface area contributed by atoms with Gasteiger partial charge in [0.2, 0.25) is 5.91 Å². The molecule has 0 aliphatic carbocycles. The number of hydrogen-bond donors (Lipinski definition) is 4. The van der Waals surface area contributed by atoms with E-state index in [0.29, 0.717) is 19.5 Å². The zero-order chi connectivity index (χ0) is 21.2. The lowest BCUT2D eigenvalue weighted by Crippen LogP contribution is -2.51. The van der Waals surface area contributed by atoms with Gasteiger partial charge in [-0.3, -0.25) is 4.79 Å². The van der Waals surface area contributed by atoms with Crippen molar-refractivity contribution in [3.8, 4) is 5.75 Å². The molecule has 6 nitrogen and oxygen atoms in total. The van der Waals surface area contributed by atoms with Crippen LogP contribution in [-0.2, 0) is 17.8 Å². The molecule has 0 bridgehead atoms. The van der Waals surface area contributed by atoms with E-state index in [0.717, 1.165) is 16.9 Å². The molecule has 0 aliphatic heterocycles. The zero-order valence-corrected chi connectivity index (χ0v) is 17.5. The van der Waals surface area contributed by atoms with Gasteiger partial charge in [-0.2, -0.15) is 0 Å². The molecule has 29 heavy (non-hydrogen) atoms. The molecule has 5 N–H and O–H groups in total. The first-order valence-corrected chi connectivity index (χ1v) is 10.0. The summed E-state index contributed by atoms with van der Waals surface area (Å²) >= 11 is 0. The highest BCUT2D eigenvalue weighted by Crippen LogP contribution is 2.13. The number of ether oxygens (including phenoxy) is 1. The molecule has 2 rings (SSSR count). The molecule has 0 heterocycles. The third-order valence-electron chi connectivity index (χ3n) is 5.11. The Kier molecular flexibility index (Phi) is 9.12. The van der Waals surface area contributed by atoms with Crippen LogP contribution in [0.1, 0.15) is 25.0 Å². The number of nitrogens with one attached hydrogen (secondary N) is 2. The molecule has 0 fully saturated rings. The van der Waals surface area contributed by atoms with Crippen LogP contribution >= 0.6 is 0 Å². The van der Waals surface area contributed by atoms with Crippen LogP contribution in [0, 0.1) is 5.92 Å².